The zero-order chi connectivity index (χ0) is 15.0. The van der Waals surface area contributed by atoms with Crippen LogP contribution >= 0.6 is 0 Å². The molecule has 0 bridgehead atoms. The van der Waals surface area contributed by atoms with E-state index < -0.39 is 32.2 Å². The summed E-state index contributed by atoms with van der Waals surface area (Å²) in [4.78, 5) is 10.9. The lowest BCUT2D eigenvalue weighted by atomic mass is 10.1. The lowest BCUT2D eigenvalue weighted by Crippen LogP contribution is -2.58. The standard InChI is InChI=1S/C12H15FN2O4S/c1-12(11(14)16)8-15(6-7-19-12)20(17,18)10-5-3-2-4-9(10)13/h2-5H,6-8H2,1H3,(H2,14,16). The average molecular weight is 302 g/mol. The number of carbonyl (C=O) groups excluding carboxylic acids is 1. The van der Waals surface area contributed by atoms with Gasteiger partial charge in [0, 0.05) is 6.54 Å². The predicted octanol–water partition coefficient (Wildman–Crippen LogP) is 0.0906. The number of halogens is 1. The van der Waals surface area contributed by atoms with Crippen molar-refractivity contribution in [3.05, 3.63) is 30.1 Å². The van der Waals surface area contributed by atoms with Crippen LogP contribution in [0.5, 0.6) is 0 Å². The number of primary amides is 1. The Labute approximate surface area is 116 Å². The molecular weight excluding hydrogens is 287 g/mol. The molecule has 1 aromatic carbocycles. The van der Waals surface area contributed by atoms with E-state index in [9.17, 15) is 17.6 Å². The summed E-state index contributed by atoms with van der Waals surface area (Å²) in [5.41, 5.74) is 3.81. The van der Waals surface area contributed by atoms with Gasteiger partial charge in [-0.15, -0.1) is 0 Å². The SMILES string of the molecule is CC1(C(N)=O)CN(S(=O)(=O)c2ccccc2F)CCO1. The van der Waals surface area contributed by atoms with Crippen molar-refractivity contribution in [1.82, 2.24) is 4.31 Å². The highest BCUT2D eigenvalue weighted by molar-refractivity contribution is 7.89. The molecule has 1 atom stereocenters. The Bertz CT molecular complexity index is 634. The van der Waals surface area contributed by atoms with Crippen LogP contribution in [0, 0.1) is 5.82 Å². The van der Waals surface area contributed by atoms with Crippen molar-refractivity contribution < 1.29 is 22.3 Å². The highest BCUT2D eigenvalue weighted by Gasteiger charge is 2.42. The summed E-state index contributed by atoms with van der Waals surface area (Å²) >= 11 is 0. The molecule has 1 amide bonds. The van der Waals surface area contributed by atoms with Crippen molar-refractivity contribution in [2.75, 3.05) is 19.7 Å². The second kappa shape index (κ2) is 5.12. The van der Waals surface area contributed by atoms with Gasteiger partial charge in [-0.2, -0.15) is 4.31 Å². The molecule has 1 aromatic rings. The number of amides is 1. The van der Waals surface area contributed by atoms with Crippen LogP contribution < -0.4 is 5.73 Å². The van der Waals surface area contributed by atoms with Crippen LogP contribution in [0.4, 0.5) is 4.39 Å². The molecule has 0 spiro atoms. The maximum atomic E-state index is 13.7. The fraction of sp³-hybridized carbons (Fsp3) is 0.417. The number of morpholine rings is 1. The maximum absolute atomic E-state index is 13.7. The monoisotopic (exact) mass is 302 g/mol. The zero-order valence-electron chi connectivity index (χ0n) is 10.9. The second-order valence-corrected chi connectivity index (χ2v) is 6.62. The third kappa shape index (κ3) is 2.54. The minimum atomic E-state index is -4.03. The third-order valence-electron chi connectivity index (χ3n) is 3.22. The molecule has 0 saturated carbocycles. The summed E-state index contributed by atoms with van der Waals surface area (Å²) in [5, 5.41) is 0. The molecule has 20 heavy (non-hydrogen) atoms. The molecule has 1 heterocycles. The van der Waals surface area contributed by atoms with Crippen LogP contribution in [0.3, 0.4) is 0 Å². The number of hydrogen-bond donors (Lipinski definition) is 1. The number of sulfonamides is 1. The van der Waals surface area contributed by atoms with E-state index in [2.05, 4.69) is 0 Å². The van der Waals surface area contributed by atoms with Gasteiger partial charge in [0.2, 0.25) is 10.0 Å². The fourth-order valence-corrected chi connectivity index (χ4v) is 3.56. The normalized spacial score (nSPS) is 24.5. The van der Waals surface area contributed by atoms with E-state index in [4.69, 9.17) is 10.5 Å². The van der Waals surface area contributed by atoms with Gasteiger partial charge in [0.25, 0.3) is 5.91 Å². The highest BCUT2D eigenvalue weighted by Crippen LogP contribution is 2.25. The van der Waals surface area contributed by atoms with E-state index in [0.29, 0.717) is 0 Å². The zero-order valence-corrected chi connectivity index (χ0v) is 11.7. The largest absolute Gasteiger partial charge is 0.367 e. The average Bonchev–Trinajstić information content (AvgIpc) is 2.39. The summed E-state index contributed by atoms with van der Waals surface area (Å²) in [5.74, 6) is -1.59. The molecule has 2 rings (SSSR count). The number of rotatable bonds is 3. The number of ether oxygens (including phenoxy) is 1. The molecule has 0 radical (unpaired) electrons. The molecule has 1 saturated heterocycles. The lowest BCUT2D eigenvalue weighted by Gasteiger charge is -2.37. The topological polar surface area (TPSA) is 89.7 Å². The molecule has 8 heteroatoms. The van der Waals surface area contributed by atoms with E-state index >= 15 is 0 Å². The first kappa shape index (κ1) is 14.9. The van der Waals surface area contributed by atoms with Crippen LogP contribution in [0.2, 0.25) is 0 Å². The summed E-state index contributed by atoms with van der Waals surface area (Å²) in [6, 6.07) is 5.09. The Morgan fingerprint density at radius 3 is 2.70 bits per heavy atom. The van der Waals surface area contributed by atoms with Crippen molar-refractivity contribution in [3.63, 3.8) is 0 Å². The van der Waals surface area contributed by atoms with E-state index in [1.165, 1.54) is 25.1 Å². The van der Waals surface area contributed by atoms with Crippen molar-refractivity contribution in [3.8, 4) is 0 Å². The predicted molar refractivity (Wildman–Crippen MR) is 68.7 cm³/mol. The molecule has 0 aromatic heterocycles. The Hall–Kier alpha value is -1.51. The quantitative estimate of drug-likeness (QED) is 0.857. The van der Waals surface area contributed by atoms with Gasteiger partial charge in [0.05, 0.1) is 13.2 Å². The first-order valence-electron chi connectivity index (χ1n) is 5.96. The van der Waals surface area contributed by atoms with Crippen LogP contribution in [-0.4, -0.2) is 43.9 Å². The van der Waals surface area contributed by atoms with E-state index in [0.717, 1.165) is 10.4 Å². The maximum Gasteiger partial charge on any atom is 0.250 e. The first-order chi connectivity index (χ1) is 9.27. The van der Waals surface area contributed by atoms with Gasteiger partial charge in [-0.3, -0.25) is 4.79 Å². The number of nitrogens with two attached hydrogens (primary N) is 1. The number of nitrogens with zero attached hydrogens (tertiary/aromatic N) is 1. The van der Waals surface area contributed by atoms with Crippen LogP contribution in [0.25, 0.3) is 0 Å². The van der Waals surface area contributed by atoms with Crippen molar-refractivity contribution in [2.45, 2.75) is 17.4 Å². The van der Waals surface area contributed by atoms with Crippen LogP contribution in [-0.2, 0) is 19.6 Å². The van der Waals surface area contributed by atoms with Gasteiger partial charge in [0.15, 0.2) is 5.60 Å². The Morgan fingerprint density at radius 1 is 1.45 bits per heavy atom. The van der Waals surface area contributed by atoms with Crippen LogP contribution in [0.15, 0.2) is 29.2 Å². The van der Waals surface area contributed by atoms with Gasteiger partial charge in [-0.1, -0.05) is 12.1 Å². The lowest BCUT2D eigenvalue weighted by molar-refractivity contribution is -0.148. The molecular formula is C12H15FN2O4S. The van der Waals surface area contributed by atoms with E-state index in [1.54, 1.807) is 0 Å². The molecule has 1 fully saturated rings. The summed E-state index contributed by atoms with van der Waals surface area (Å²) in [6.45, 7) is 1.24. The second-order valence-electron chi connectivity index (χ2n) is 4.71. The van der Waals surface area contributed by atoms with Crippen molar-refractivity contribution in [1.29, 1.82) is 0 Å². The Kier molecular flexibility index (Phi) is 3.81. The summed E-state index contributed by atoms with van der Waals surface area (Å²) < 4.78 is 44.7. The van der Waals surface area contributed by atoms with E-state index in [-0.39, 0.29) is 19.7 Å². The summed E-state index contributed by atoms with van der Waals surface area (Å²) in [6.07, 6.45) is 0. The fourth-order valence-electron chi connectivity index (χ4n) is 1.98. The molecule has 6 nitrogen and oxygen atoms in total. The molecule has 1 aliphatic heterocycles. The summed E-state index contributed by atoms with van der Waals surface area (Å²) in [7, 11) is -4.03. The van der Waals surface area contributed by atoms with Crippen molar-refractivity contribution in [2.24, 2.45) is 5.73 Å². The Morgan fingerprint density at radius 2 is 2.10 bits per heavy atom. The van der Waals surface area contributed by atoms with Gasteiger partial charge < -0.3 is 10.5 Å². The van der Waals surface area contributed by atoms with Gasteiger partial charge in [-0.05, 0) is 19.1 Å². The first-order valence-corrected chi connectivity index (χ1v) is 7.40. The molecule has 110 valence electrons. The number of carbonyl (C=O) groups is 1. The minimum Gasteiger partial charge on any atom is -0.367 e. The molecule has 2 N–H and O–H groups in total. The van der Waals surface area contributed by atoms with Gasteiger partial charge >= 0.3 is 0 Å². The van der Waals surface area contributed by atoms with Gasteiger partial charge in [0.1, 0.15) is 10.7 Å². The number of hydrogen-bond acceptors (Lipinski definition) is 4. The third-order valence-corrected chi connectivity index (χ3v) is 5.09. The van der Waals surface area contributed by atoms with Crippen LogP contribution in [0.1, 0.15) is 6.92 Å². The smallest absolute Gasteiger partial charge is 0.250 e. The number of benzene rings is 1. The Balaban J connectivity index is 2.36. The van der Waals surface area contributed by atoms with Crippen molar-refractivity contribution >= 4 is 15.9 Å². The highest BCUT2D eigenvalue weighted by atomic mass is 32.2. The van der Waals surface area contributed by atoms with Gasteiger partial charge in [-0.25, -0.2) is 12.8 Å². The minimum absolute atomic E-state index is 0.0210. The molecule has 1 unspecified atom stereocenters. The molecule has 1 aliphatic rings. The van der Waals surface area contributed by atoms with E-state index in [1.807, 2.05) is 0 Å². The molecule has 0 aliphatic carbocycles.